The molecule has 0 aliphatic rings. The van der Waals surface area contributed by atoms with Crippen LogP contribution in [0.5, 0.6) is 5.75 Å². The lowest BCUT2D eigenvalue weighted by molar-refractivity contribution is 0.415. The molecular formula is C14H11FN2OS. The number of methoxy groups -OCH3 is 1. The highest BCUT2D eigenvalue weighted by Gasteiger charge is 2.14. The zero-order valence-corrected chi connectivity index (χ0v) is 11.3. The van der Waals surface area contributed by atoms with Crippen LogP contribution >= 0.6 is 11.3 Å². The third-order valence-electron chi connectivity index (χ3n) is 2.83. The van der Waals surface area contributed by atoms with Crippen LogP contribution in [0, 0.1) is 12.7 Å². The fraction of sp³-hybridized carbons (Fsp3) is 0.143. The first-order chi connectivity index (χ1) is 9.19. The maximum atomic E-state index is 13.5. The van der Waals surface area contributed by atoms with Crippen molar-refractivity contribution in [2.75, 3.05) is 7.11 Å². The second-order valence-corrected chi connectivity index (χ2v) is 5.02. The van der Waals surface area contributed by atoms with Gasteiger partial charge in [0, 0.05) is 5.56 Å². The third-order valence-corrected chi connectivity index (χ3v) is 3.74. The van der Waals surface area contributed by atoms with Crippen molar-refractivity contribution in [1.82, 2.24) is 9.97 Å². The topological polar surface area (TPSA) is 35.0 Å². The molecule has 0 atom stereocenters. The lowest BCUT2D eigenvalue weighted by atomic mass is 10.1. The van der Waals surface area contributed by atoms with Gasteiger partial charge in [-0.15, -0.1) is 11.3 Å². The molecule has 2 aromatic heterocycles. The smallest absolute Gasteiger partial charge is 0.128 e. The van der Waals surface area contributed by atoms with Gasteiger partial charge in [-0.1, -0.05) is 0 Å². The largest absolute Gasteiger partial charge is 0.496 e. The van der Waals surface area contributed by atoms with Crippen molar-refractivity contribution >= 4 is 21.6 Å². The molecule has 0 amide bonds. The Hall–Kier alpha value is -2.01. The Balaban J connectivity index is 2.35. The van der Waals surface area contributed by atoms with Gasteiger partial charge in [0.05, 0.1) is 23.0 Å². The number of fused-ring (bicyclic) bond motifs is 1. The molecule has 0 spiro atoms. The number of benzene rings is 1. The Morgan fingerprint density at radius 1 is 1.21 bits per heavy atom. The second-order valence-electron chi connectivity index (χ2n) is 4.10. The number of thiophene rings is 1. The highest BCUT2D eigenvalue weighted by atomic mass is 32.1. The maximum Gasteiger partial charge on any atom is 0.128 e. The zero-order valence-electron chi connectivity index (χ0n) is 10.5. The van der Waals surface area contributed by atoms with Crippen molar-refractivity contribution in [3.8, 4) is 17.0 Å². The Morgan fingerprint density at radius 3 is 2.84 bits per heavy atom. The molecule has 5 heteroatoms. The monoisotopic (exact) mass is 274 g/mol. The van der Waals surface area contributed by atoms with E-state index in [2.05, 4.69) is 9.97 Å². The number of nitrogens with zero attached hydrogens (tertiary/aromatic N) is 2. The SMILES string of the molecule is COc1ccc(F)cc1-c1nc(C)nc2ccsc12. The van der Waals surface area contributed by atoms with Crippen molar-refractivity contribution in [3.05, 3.63) is 41.3 Å². The lowest BCUT2D eigenvalue weighted by Crippen LogP contribution is -1.95. The molecule has 0 fully saturated rings. The molecule has 0 aliphatic carbocycles. The molecule has 0 saturated carbocycles. The van der Waals surface area contributed by atoms with E-state index in [1.54, 1.807) is 13.2 Å². The molecular weight excluding hydrogens is 263 g/mol. The average molecular weight is 274 g/mol. The molecule has 1 aromatic carbocycles. The van der Waals surface area contributed by atoms with Gasteiger partial charge in [-0.05, 0) is 36.6 Å². The van der Waals surface area contributed by atoms with Crippen LogP contribution in [0.3, 0.4) is 0 Å². The van der Waals surface area contributed by atoms with Gasteiger partial charge in [0.25, 0.3) is 0 Å². The Kier molecular flexibility index (Phi) is 2.91. The Morgan fingerprint density at radius 2 is 2.05 bits per heavy atom. The number of rotatable bonds is 2. The average Bonchev–Trinajstić information content (AvgIpc) is 2.85. The molecule has 0 N–H and O–H groups in total. The fourth-order valence-electron chi connectivity index (χ4n) is 2.03. The van der Waals surface area contributed by atoms with E-state index in [0.717, 1.165) is 10.2 Å². The molecule has 2 heterocycles. The van der Waals surface area contributed by atoms with Crippen molar-refractivity contribution in [2.45, 2.75) is 6.92 Å². The van der Waals surface area contributed by atoms with E-state index in [-0.39, 0.29) is 5.82 Å². The maximum absolute atomic E-state index is 13.5. The quantitative estimate of drug-likeness (QED) is 0.712. The number of hydrogen-bond acceptors (Lipinski definition) is 4. The van der Waals surface area contributed by atoms with Crippen molar-refractivity contribution in [1.29, 1.82) is 0 Å². The molecule has 3 aromatic rings. The van der Waals surface area contributed by atoms with Gasteiger partial charge < -0.3 is 4.74 Å². The molecule has 3 nitrogen and oxygen atoms in total. The first kappa shape index (κ1) is 12.0. The predicted molar refractivity (Wildman–Crippen MR) is 74.1 cm³/mol. The minimum atomic E-state index is -0.309. The minimum Gasteiger partial charge on any atom is -0.496 e. The first-order valence-electron chi connectivity index (χ1n) is 5.75. The minimum absolute atomic E-state index is 0.309. The number of aromatic nitrogens is 2. The highest BCUT2D eigenvalue weighted by molar-refractivity contribution is 7.17. The van der Waals surface area contributed by atoms with Crippen LogP contribution in [-0.4, -0.2) is 17.1 Å². The van der Waals surface area contributed by atoms with E-state index in [9.17, 15) is 4.39 Å². The number of halogens is 1. The number of hydrogen-bond donors (Lipinski definition) is 0. The summed E-state index contributed by atoms with van der Waals surface area (Å²) in [5, 5.41) is 1.95. The van der Waals surface area contributed by atoms with Gasteiger partial charge in [-0.3, -0.25) is 0 Å². The van der Waals surface area contributed by atoms with Crippen LogP contribution in [0.2, 0.25) is 0 Å². The van der Waals surface area contributed by atoms with E-state index >= 15 is 0 Å². The molecule has 19 heavy (non-hydrogen) atoms. The van der Waals surface area contributed by atoms with Crippen LogP contribution in [0.15, 0.2) is 29.6 Å². The summed E-state index contributed by atoms with van der Waals surface area (Å²) in [5.74, 6) is 0.957. The fourth-order valence-corrected chi connectivity index (χ4v) is 2.86. The van der Waals surface area contributed by atoms with Crippen molar-refractivity contribution < 1.29 is 9.13 Å². The number of ether oxygens (including phenoxy) is 1. The van der Waals surface area contributed by atoms with Crippen molar-refractivity contribution in [2.24, 2.45) is 0 Å². The van der Waals surface area contributed by atoms with Crippen LogP contribution < -0.4 is 4.74 Å². The van der Waals surface area contributed by atoms with Crippen LogP contribution in [0.4, 0.5) is 4.39 Å². The highest BCUT2D eigenvalue weighted by Crippen LogP contribution is 2.35. The summed E-state index contributed by atoms with van der Waals surface area (Å²) in [4.78, 5) is 8.81. The summed E-state index contributed by atoms with van der Waals surface area (Å²) < 4.78 is 19.7. The summed E-state index contributed by atoms with van der Waals surface area (Å²) >= 11 is 1.54. The van der Waals surface area contributed by atoms with Gasteiger partial charge in [-0.2, -0.15) is 0 Å². The number of aryl methyl sites for hydroxylation is 1. The Labute approximate surface area is 113 Å². The van der Waals surface area contributed by atoms with Gasteiger partial charge in [0.15, 0.2) is 0 Å². The standard InChI is InChI=1S/C14H11FN2OS/c1-8-16-11-5-6-19-14(11)13(17-8)10-7-9(15)3-4-12(10)18-2/h3-7H,1-2H3. The molecule has 0 bridgehead atoms. The second kappa shape index (κ2) is 4.59. The van der Waals surface area contributed by atoms with Gasteiger partial charge in [0.2, 0.25) is 0 Å². The summed E-state index contributed by atoms with van der Waals surface area (Å²) in [6.07, 6.45) is 0. The van der Waals surface area contributed by atoms with Crippen molar-refractivity contribution in [3.63, 3.8) is 0 Å². The zero-order chi connectivity index (χ0) is 13.4. The summed E-state index contributed by atoms with van der Waals surface area (Å²) in [5.41, 5.74) is 2.24. The van der Waals surface area contributed by atoms with Crippen LogP contribution in [0.1, 0.15) is 5.82 Å². The van der Waals surface area contributed by atoms with E-state index in [0.29, 0.717) is 22.8 Å². The molecule has 0 saturated heterocycles. The normalized spacial score (nSPS) is 10.9. The van der Waals surface area contributed by atoms with E-state index in [1.807, 2.05) is 18.4 Å². The Bertz CT molecular complexity index is 754. The molecule has 96 valence electrons. The van der Waals surface area contributed by atoms with Crippen LogP contribution in [-0.2, 0) is 0 Å². The van der Waals surface area contributed by atoms with Gasteiger partial charge >= 0.3 is 0 Å². The first-order valence-corrected chi connectivity index (χ1v) is 6.63. The lowest BCUT2D eigenvalue weighted by Gasteiger charge is -2.09. The van der Waals surface area contributed by atoms with Gasteiger partial charge in [-0.25, -0.2) is 14.4 Å². The van der Waals surface area contributed by atoms with E-state index < -0.39 is 0 Å². The summed E-state index contributed by atoms with van der Waals surface area (Å²) in [6, 6.07) is 6.37. The van der Waals surface area contributed by atoms with Crippen LogP contribution in [0.25, 0.3) is 21.5 Å². The van der Waals surface area contributed by atoms with E-state index in [4.69, 9.17) is 4.74 Å². The predicted octanol–water partition coefficient (Wildman–Crippen LogP) is 3.81. The third kappa shape index (κ3) is 2.06. The molecule has 0 radical (unpaired) electrons. The summed E-state index contributed by atoms with van der Waals surface area (Å²) in [6.45, 7) is 1.83. The molecule has 0 unspecified atom stereocenters. The summed E-state index contributed by atoms with van der Waals surface area (Å²) in [7, 11) is 1.57. The molecule has 0 aliphatic heterocycles. The van der Waals surface area contributed by atoms with Gasteiger partial charge in [0.1, 0.15) is 17.4 Å². The molecule has 3 rings (SSSR count). The van der Waals surface area contributed by atoms with E-state index in [1.165, 1.54) is 23.5 Å².